The zero-order valence-electron chi connectivity index (χ0n) is 15.4. The molecule has 1 heterocycles. The average Bonchev–Trinajstić information content (AvgIpc) is 3.23. The minimum atomic E-state index is 0.554. The van der Waals surface area contributed by atoms with Gasteiger partial charge in [0.2, 0.25) is 0 Å². The zero-order chi connectivity index (χ0) is 19.9. The third kappa shape index (κ3) is 5.18. The highest BCUT2D eigenvalue weighted by Gasteiger charge is 2.08. The Morgan fingerprint density at radius 3 is 2.14 bits per heavy atom. The largest absolute Gasteiger partial charge is 0.332 e. The van der Waals surface area contributed by atoms with Crippen LogP contribution in [0.25, 0.3) is 5.69 Å². The van der Waals surface area contributed by atoms with Gasteiger partial charge in [0.1, 0.15) is 0 Å². The van der Waals surface area contributed by atoms with Gasteiger partial charge in [-0.15, -0.1) is 16.9 Å². The number of aromatic nitrogens is 4. The highest BCUT2D eigenvalue weighted by atomic mass is 32.2. The van der Waals surface area contributed by atoms with Gasteiger partial charge in [0.05, 0.1) is 11.4 Å². The van der Waals surface area contributed by atoms with E-state index in [0.29, 0.717) is 10.9 Å². The summed E-state index contributed by atoms with van der Waals surface area (Å²) in [5, 5.41) is 19.0. The number of anilines is 2. The summed E-state index contributed by atoms with van der Waals surface area (Å²) in [5.74, 6) is 1.47. The van der Waals surface area contributed by atoms with Gasteiger partial charge in [0.15, 0.2) is 10.9 Å². The molecule has 0 aliphatic carbocycles. The van der Waals surface area contributed by atoms with Crippen LogP contribution in [-0.2, 0) is 5.75 Å². The van der Waals surface area contributed by atoms with E-state index < -0.39 is 0 Å². The van der Waals surface area contributed by atoms with E-state index in [1.807, 2.05) is 72.8 Å². The van der Waals surface area contributed by atoms with Crippen molar-refractivity contribution in [3.05, 3.63) is 90.8 Å². The lowest BCUT2D eigenvalue weighted by Gasteiger charge is -2.11. The molecule has 0 saturated carbocycles. The number of hydrogen-bond acceptors (Lipinski definition) is 5. The van der Waals surface area contributed by atoms with Crippen molar-refractivity contribution in [3.8, 4) is 5.69 Å². The summed E-state index contributed by atoms with van der Waals surface area (Å²) in [6.07, 6.45) is 0. The molecule has 0 saturated heterocycles. The number of hydrogen-bond donors (Lipinski definition) is 2. The van der Waals surface area contributed by atoms with Crippen molar-refractivity contribution in [2.75, 3.05) is 10.6 Å². The average molecular weight is 419 g/mol. The molecule has 8 heteroatoms. The maximum Gasteiger partial charge on any atom is 0.175 e. The molecule has 6 nitrogen and oxygen atoms in total. The lowest BCUT2D eigenvalue weighted by Crippen LogP contribution is -2.18. The molecule has 0 unspecified atom stereocenters. The number of nitrogens with zero attached hydrogens (tertiary/aromatic N) is 4. The first-order valence-corrected chi connectivity index (χ1v) is 10.4. The van der Waals surface area contributed by atoms with Gasteiger partial charge in [-0.3, -0.25) is 0 Å². The van der Waals surface area contributed by atoms with Crippen LogP contribution in [0.3, 0.4) is 0 Å². The minimum Gasteiger partial charge on any atom is -0.332 e. The summed E-state index contributed by atoms with van der Waals surface area (Å²) in [4.78, 5) is 1.13. The molecule has 144 valence electrons. The summed E-state index contributed by atoms with van der Waals surface area (Å²) in [6.45, 7) is 0. The number of para-hydroxylation sites is 2. The van der Waals surface area contributed by atoms with Crippen LogP contribution in [0.4, 0.5) is 11.4 Å². The third-order valence-corrected chi connectivity index (χ3v) is 5.26. The molecule has 0 bridgehead atoms. The lowest BCUT2D eigenvalue weighted by molar-refractivity contribution is 0.777. The van der Waals surface area contributed by atoms with Crippen molar-refractivity contribution in [2.24, 2.45) is 0 Å². The second-order valence-corrected chi connectivity index (χ2v) is 7.56. The Hall–Kier alpha value is -3.23. The van der Waals surface area contributed by atoms with Gasteiger partial charge in [-0.25, -0.2) is 0 Å². The van der Waals surface area contributed by atoms with E-state index in [-0.39, 0.29) is 0 Å². The topological polar surface area (TPSA) is 67.7 Å². The maximum atomic E-state index is 5.36. The molecule has 4 rings (SSSR count). The first-order valence-electron chi connectivity index (χ1n) is 8.96. The van der Waals surface area contributed by atoms with Crippen molar-refractivity contribution in [2.45, 2.75) is 10.6 Å². The minimum absolute atomic E-state index is 0.554. The Kier molecular flexibility index (Phi) is 6.13. The molecular formula is C21H18N6S2. The van der Waals surface area contributed by atoms with Crippen molar-refractivity contribution in [3.63, 3.8) is 0 Å². The number of thiocarbonyl (C=S) groups is 1. The van der Waals surface area contributed by atoms with Gasteiger partial charge in [0.25, 0.3) is 0 Å². The van der Waals surface area contributed by atoms with Crippen LogP contribution in [0.5, 0.6) is 0 Å². The van der Waals surface area contributed by atoms with Crippen LogP contribution in [0.1, 0.15) is 5.82 Å². The Balaban J connectivity index is 1.34. The molecule has 1 aromatic heterocycles. The fourth-order valence-corrected chi connectivity index (χ4v) is 3.70. The van der Waals surface area contributed by atoms with E-state index in [1.165, 1.54) is 0 Å². The molecule has 4 aromatic rings. The number of benzene rings is 3. The van der Waals surface area contributed by atoms with Crippen LogP contribution in [0, 0.1) is 0 Å². The second kappa shape index (κ2) is 9.31. The smallest absolute Gasteiger partial charge is 0.175 e. The van der Waals surface area contributed by atoms with E-state index in [4.69, 9.17) is 12.2 Å². The fraction of sp³-hybridized carbons (Fsp3) is 0.0476. The molecular weight excluding hydrogens is 400 g/mol. The van der Waals surface area contributed by atoms with Crippen molar-refractivity contribution in [1.82, 2.24) is 20.2 Å². The maximum absolute atomic E-state index is 5.36. The first kappa shape index (κ1) is 19.1. The lowest BCUT2D eigenvalue weighted by atomic mass is 10.3. The highest BCUT2D eigenvalue weighted by Crippen LogP contribution is 2.24. The summed E-state index contributed by atoms with van der Waals surface area (Å²) in [6, 6.07) is 27.8. The van der Waals surface area contributed by atoms with Crippen LogP contribution < -0.4 is 10.6 Å². The molecule has 0 radical (unpaired) electrons. The number of tetrazole rings is 1. The molecule has 0 aliphatic heterocycles. The Morgan fingerprint density at radius 1 is 0.828 bits per heavy atom. The number of rotatable bonds is 6. The molecule has 2 N–H and O–H groups in total. The quantitative estimate of drug-likeness (QED) is 0.345. The predicted octanol–water partition coefficient (Wildman–Crippen LogP) is 4.76. The Bertz CT molecular complexity index is 1070. The van der Waals surface area contributed by atoms with Crippen molar-refractivity contribution < 1.29 is 0 Å². The summed E-state index contributed by atoms with van der Waals surface area (Å²) in [7, 11) is 0. The molecule has 0 atom stereocenters. The van der Waals surface area contributed by atoms with Crippen LogP contribution in [-0.4, -0.2) is 25.3 Å². The van der Waals surface area contributed by atoms with E-state index in [0.717, 1.165) is 27.8 Å². The van der Waals surface area contributed by atoms with Crippen molar-refractivity contribution >= 4 is 40.5 Å². The van der Waals surface area contributed by atoms with Gasteiger partial charge in [0, 0.05) is 16.3 Å². The predicted molar refractivity (Wildman–Crippen MR) is 121 cm³/mol. The molecule has 0 amide bonds. The number of nitrogens with one attached hydrogen (secondary N) is 2. The van der Waals surface area contributed by atoms with E-state index in [1.54, 1.807) is 16.4 Å². The molecule has 29 heavy (non-hydrogen) atoms. The fourth-order valence-electron chi connectivity index (χ4n) is 2.66. The van der Waals surface area contributed by atoms with E-state index >= 15 is 0 Å². The second-order valence-electron chi connectivity index (χ2n) is 6.10. The first-order chi connectivity index (χ1) is 14.3. The van der Waals surface area contributed by atoms with Gasteiger partial charge in [-0.05, 0) is 71.2 Å². The number of thioether (sulfide) groups is 1. The van der Waals surface area contributed by atoms with E-state index in [9.17, 15) is 0 Å². The van der Waals surface area contributed by atoms with Gasteiger partial charge in [-0.1, -0.05) is 36.4 Å². The van der Waals surface area contributed by atoms with Gasteiger partial charge in [-0.2, -0.15) is 4.68 Å². The standard InChI is InChI=1S/C21H18N6S2/c28-21(22-16-7-3-1-4-8-16)23-17-11-13-19(14-12-17)29-15-20-24-25-26-27(20)18-9-5-2-6-10-18/h1-14H,15H2,(H2,22,23,28). The third-order valence-electron chi connectivity index (χ3n) is 4.05. The van der Waals surface area contributed by atoms with Crippen LogP contribution >= 0.6 is 24.0 Å². The SMILES string of the molecule is S=C(Nc1ccccc1)Nc1ccc(SCc2nnnn2-c2ccccc2)cc1. The van der Waals surface area contributed by atoms with Crippen LogP contribution in [0.2, 0.25) is 0 Å². The Morgan fingerprint density at radius 2 is 1.45 bits per heavy atom. The molecule has 0 aliphatic rings. The zero-order valence-corrected chi connectivity index (χ0v) is 17.0. The summed E-state index contributed by atoms with van der Waals surface area (Å²) >= 11 is 7.04. The summed E-state index contributed by atoms with van der Waals surface area (Å²) < 4.78 is 1.76. The molecule has 0 fully saturated rings. The van der Waals surface area contributed by atoms with Crippen molar-refractivity contribution in [1.29, 1.82) is 0 Å². The Labute approximate surface area is 178 Å². The molecule has 3 aromatic carbocycles. The van der Waals surface area contributed by atoms with Gasteiger partial charge < -0.3 is 10.6 Å². The monoisotopic (exact) mass is 418 g/mol. The highest BCUT2D eigenvalue weighted by molar-refractivity contribution is 7.98. The summed E-state index contributed by atoms with van der Waals surface area (Å²) in [5.41, 5.74) is 2.83. The molecule has 0 spiro atoms. The van der Waals surface area contributed by atoms with E-state index in [2.05, 4.69) is 38.3 Å². The normalized spacial score (nSPS) is 10.5. The van der Waals surface area contributed by atoms with Crippen LogP contribution in [0.15, 0.2) is 89.8 Å². The van der Waals surface area contributed by atoms with Gasteiger partial charge >= 0.3 is 0 Å².